The van der Waals surface area contributed by atoms with Crippen LogP contribution < -0.4 is 15.0 Å². The number of hydrogen-bond donors (Lipinski definition) is 2. The molecular formula is C29H24ClN3O5. The highest BCUT2D eigenvalue weighted by Crippen LogP contribution is 2.26. The zero-order valence-corrected chi connectivity index (χ0v) is 21.6. The molecule has 1 heterocycles. The van der Waals surface area contributed by atoms with Gasteiger partial charge in [0, 0.05) is 28.9 Å². The van der Waals surface area contributed by atoms with Crippen molar-refractivity contribution in [2.75, 3.05) is 24.4 Å². The van der Waals surface area contributed by atoms with Crippen molar-refractivity contribution < 1.29 is 24.2 Å². The second-order valence-corrected chi connectivity index (χ2v) is 8.90. The van der Waals surface area contributed by atoms with E-state index in [1.807, 2.05) is 24.1 Å². The molecule has 1 aromatic heterocycles. The van der Waals surface area contributed by atoms with Crippen molar-refractivity contribution in [3.05, 3.63) is 112 Å². The first kappa shape index (κ1) is 26.4. The minimum atomic E-state index is -1.28. The number of carboxylic acids is 1. The Balaban J connectivity index is 1.55. The van der Waals surface area contributed by atoms with Crippen LogP contribution in [0.3, 0.4) is 0 Å². The quantitative estimate of drug-likeness (QED) is 0.269. The van der Waals surface area contributed by atoms with E-state index in [0.29, 0.717) is 21.9 Å². The number of carbonyl (C=O) groups excluding carboxylic acids is 2. The number of ketones is 1. The summed E-state index contributed by atoms with van der Waals surface area (Å²) in [4.78, 5) is 44.1. The van der Waals surface area contributed by atoms with Crippen molar-refractivity contribution in [1.29, 1.82) is 0 Å². The van der Waals surface area contributed by atoms with Crippen LogP contribution in [0.25, 0.3) is 0 Å². The van der Waals surface area contributed by atoms with E-state index in [1.165, 1.54) is 25.3 Å². The standard InChI is InChI=1S/C29H24ClN3O5/c1-17-14-22(38-3)10-11-23(17)28(35)32-25-12-4-18(15-24(25)29(36)37)27(34)26-13-9-21(16-31-26)33(2)20-7-5-19(30)6-8-20/h4-16H,1-3H3,(H,32,35)(H,36,37). The third-order valence-corrected chi connectivity index (χ3v) is 6.27. The Morgan fingerprint density at radius 3 is 2.24 bits per heavy atom. The molecule has 192 valence electrons. The second-order valence-electron chi connectivity index (χ2n) is 8.47. The summed E-state index contributed by atoms with van der Waals surface area (Å²) in [5.74, 6) is -1.61. The number of aromatic carboxylic acids is 1. The first-order valence-corrected chi connectivity index (χ1v) is 11.9. The SMILES string of the molecule is COc1ccc(C(=O)Nc2ccc(C(=O)c3ccc(N(C)c4ccc(Cl)cc4)cn3)cc2C(=O)O)c(C)c1. The lowest BCUT2D eigenvalue weighted by Crippen LogP contribution is -2.17. The number of pyridine rings is 1. The molecule has 38 heavy (non-hydrogen) atoms. The van der Waals surface area contributed by atoms with Gasteiger partial charge in [0.15, 0.2) is 0 Å². The summed E-state index contributed by atoms with van der Waals surface area (Å²) in [7, 11) is 3.39. The van der Waals surface area contributed by atoms with Crippen molar-refractivity contribution in [2.24, 2.45) is 0 Å². The van der Waals surface area contributed by atoms with Crippen LogP contribution in [0.4, 0.5) is 17.1 Å². The number of carboxylic acid groups (broad SMARTS) is 1. The number of amides is 1. The number of ether oxygens (including phenoxy) is 1. The van der Waals surface area contributed by atoms with Gasteiger partial charge in [-0.25, -0.2) is 4.79 Å². The molecule has 0 atom stereocenters. The zero-order chi connectivity index (χ0) is 27.4. The summed E-state index contributed by atoms with van der Waals surface area (Å²) in [6, 6.07) is 19.7. The molecule has 0 aliphatic carbocycles. The van der Waals surface area contributed by atoms with Crippen molar-refractivity contribution in [3.8, 4) is 5.75 Å². The second kappa shape index (κ2) is 11.1. The van der Waals surface area contributed by atoms with E-state index in [-0.39, 0.29) is 22.5 Å². The summed E-state index contributed by atoms with van der Waals surface area (Å²) in [5.41, 5.74) is 2.83. The van der Waals surface area contributed by atoms with Gasteiger partial charge < -0.3 is 20.1 Å². The number of nitrogens with zero attached hydrogens (tertiary/aromatic N) is 2. The molecule has 8 nitrogen and oxygen atoms in total. The van der Waals surface area contributed by atoms with Gasteiger partial charge in [0.05, 0.1) is 30.2 Å². The van der Waals surface area contributed by atoms with E-state index in [1.54, 1.807) is 55.6 Å². The maximum absolute atomic E-state index is 13.1. The minimum Gasteiger partial charge on any atom is -0.497 e. The molecule has 0 saturated carbocycles. The number of aromatic nitrogens is 1. The topological polar surface area (TPSA) is 109 Å². The molecule has 0 spiro atoms. The van der Waals surface area contributed by atoms with Gasteiger partial charge in [-0.1, -0.05) is 11.6 Å². The lowest BCUT2D eigenvalue weighted by Gasteiger charge is -2.19. The summed E-state index contributed by atoms with van der Waals surface area (Å²) in [6.45, 7) is 1.75. The van der Waals surface area contributed by atoms with Gasteiger partial charge in [0.25, 0.3) is 5.91 Å². The molecule has 9 heteroatoms. The summed E-state index contributed by atoms with van der Waals surface area (Å²) >= 11 is 5.96. The van der Waals surface area contributed by atoms with Crippen LogP contribution in [-0.2, 0) is 0 Å². The Kier molecular flexibility index (Phi) is 7.74. The van der Waals surface area contributed by atoms with E-state index < -0.39 is 17.7 Å². The molecule has 0 saturated heterocycles. The Bertz CT molecular complexity index is 1520. The van der Waals surface area contributed by atoms with Crippen LogP contribution >= 0.6 is 11.6 Å². The van der Waals surface area contributed by atoms with Gasteiger partial charge in [-0.15, -0.1) is 0 Å². The fraction of sp³-hybridized carbons (Fsp3) is 0.103. The Morgan fingerprint density at radius 1 is 0.921 bits per heavy atom. The molecule has 1 amide bonds. The first-order chi connectivity index (χ1) is 18.2. The van der Waals surface area contributed by atoms with Crippen LogP contribution in [0.5, 0.6) is 5.75 Å². The van der Waals surface area contributed by atoms with E-state index in [4.69, 9.17) is 16.3 Å². The Labute approximate surface area is 224 Å². The monoisotopic (exact) mass is 529 g/mol. The van der Waals surface area contributed by atoms with E-state index in [0.717, 1.165) is 11.4 Å². The maximum atomic E-state index is 13.1. The van der Waals surface area contributed by atoms with Gasteiger partial charge in [0.1, 0.15) is 11.4 Å². The van der Waals surface area contributed by atoms with Gasteiger partial charge in [0.2, 0.25) is 5.78 Å². The first-order valence-electron chi connectivity index (χ1n) is 11.5. The average Bonchev–Trinajstić information content (AvgIpc) is 2.92. The number of aryl methyl sites for hydroxylation is 1. The maximum Gasteiger partial charge on any atom is 0.337 e. The van der Waals surface area contributed by atoms with Crippen LogP contribution in [0.1, 0.15) is 42.3 Å². The highest BCUT2D eigenvalue weighted by Gasteiger charge is 2.19. The summed E-state index contributed by atoms with van der Waals surface area (Å²) in [6.07, 6.45) is 1.56. The van der Waals surface area contributed by atoms with Crippen molar-refractivity contribution in [3.63, 3.8) is 0 Å². The number of nitrogens with one attached hydrogen (secondary N) is 1. The zero-order valence-electron chi connectivity index (χ0n) is 20.9. The number of halogens is 1. The van der Waals surface area contributed by atoms with Crippen LogP contribution in [-0.4, -0.2) is 41.9 Å². The van der Waals surface area contributed by atoms with Crippen LogP contribution in [0.15, 0.2) is 79.0 Å². The molecule has 0 radical (unpaired) electrons. The lowest BCUT2D eigenvalue weighted by atomic mass is 10.0. The smallest absolute Gasteiger partial charge is 0.337 e. The summed E-state index contributed by atoms with van der Waals surface area (Å²) in [5, 5.41) is 13.0. The van der Waals surface area contributed by atoms with Crippen LogP contribution in [0.2, 0.25) is 5.02 Å². The molecule has 0 aliphatic heterocycles. The predicted octanol–water partition coefficient (Wildman–Crippen LogP) is 6.00. The molecule has 4 rings (SSSR count). The lowest BCUT2D eigenvalue weighted by molar-refractivity contribution is 0.0698. The number of benzene rings is 3. The molecule has 4 aromatic rings. The largest absolute Gasteiger partial charge is 0.497 e. The molecule has 2 N–H and O–H groups in total. The van der Waals surface area contributed by atoms with E-state index in [9.17, 15) is 19.5 Å². The molecular weight excluding hydrogens is 506 g/mol. The molecule has 0 fully saturated rings. The van der Waals surface area contributed by atoms with Crippen molar-refractivity contribution in [1.82, 2.24) is 4.98 Å². The average molecular weight is 530 g/mol. The van der Waals surface area contributed by atoms with Gasteiger partial charge >= 0.3 is 5.97 Å². The number of carbonyl (C=O) groups is 3. The highest BCUT2D eigenvalue weighted by atomic mass is 35.5. The number of anilines is 3. The normalized spacial score (nSPS) is 10.5. The molecule has 0 unspecified atom stereocenters. The molecule has 0 bridgehead atoms. The number of methoxy groups -OCH3 is 1. The van der Waals surface area contributed by atoms with Crippen molar-refractivity contribution in [2.45, 2.75) is 6.92 Å². The molecule has 3 aromatic carbocycles. The predicted molar refractivity (Wildman–Crippen MR) is 146 cm³/mol. The Hall–Kier alpha value is -4.69. The van der Waals surface area contributed by atoms with E-state index >= 15 is 0 Å². The van der Waals surface area contributed by atoms with Gasteiger partial charge in [-0.2, -0.15) is 0 Å². The number of rotatable bonds is 8. The van der Waals surface area contributed by atoms with Gasteiger partial charge in [-0.3, -0.25) is 14.6 Å². The fourth-order valence-corrected chi connectivity index (χ4v) is 3.99. The fourth-order valence-electron chi connectivity index (χ4n) is 3.86. The van der Waals surface area contributed by atoms with Crippen molar-refractivity contribution >= 4 is 46.3 Å². The minimum absolute atomic E-state index is 0.0714. The van der Waals surface area contributed by atoms with Crippen LogP contribution in [0, 0.1) is 6.92 Å². The van der Waals surface area contributed by atoms with Gasteiger partial charge in [-0.05, 0) is 85.3 Å². The third kappa shape index (κ3) is 5.66. The van der Waals surface area contributed by atoms with E-state index in [2.05, 4.69) is 10.3 Å². The summed E-state index contributed by atoms with van der Waals surface area (Å²) < 4.78 is 5.16. The molecule has 0 aliphatic rings. The highest BCUT2D eigenvalue weighted by molar-refractivity contribution is 6.30. The Morgan fingerprint density at radius 2 is 1.63 bits per heavy atom. The third-order valence-electron chi connectivity index (χ3n) is 6.02. The number of hydrogen-bond acceptors (Lipinski definition) is 6.